The summed E-state index contributed by atoms with van der Waals surface area (Å²) in [5.41, 5.74) is 0.0972. The van der Waals surface area contributed by atoms with E-state index >= 15 is 4.79 Å². The zero-order valence-corrected chi connectivity index (χ0v) is 48.0. The number of aliphatic hydroxyl groups is 3. The number of anilines is 2. The van der Waals surface area contributed by atoms with Gasteiger partial charge in [-0.2, -0.15) is 4.98 Å². The fourth-order valence-corrected chi connectivity index (χ4v) is 15.3. The van der Waals surface area contributed by atoms with Crippen LogP contribution in [-0.4, -0.2) is 167 Å². The van der Waals surface area contributed by atoms with E-state index in [1.165, 1.54) is 33.6 Å². The van der Waals surface area contributed by atoms with Crippen LogP contribution < -0.4 is 20.6 Å². The highest BCUT2D eigenvalue weighted by Crippen LogP contribution is 2.68. The lowest BCUT2D eigenvalue weighted by Crippen LogP contribution is -2.81. The van der Waals surface area contributed by atoms with Crippen molar-refractivity contribution < 1.29 is 67.3 Å². The second-order valence-electron chi connectivity index (χ2n) is 23.0. The van der Waals surface area contributed by atoms with Crippen molar-refractivity contribution in [2.75, 3.05) is 71.4 Å². The number of hydrogen-bond acceptors (Lipinski definition) is 18. The standard InChI is InChI=1S/C45H54N4O8.C15H22FN3O6/c1-8-27-19-28-22-44(40(51)55-6,36-30(25-48(23-27)24-28)29-13-10-11-14-33(29)46-36)32-20-31-34(21-35(32)54-5)47(4)38-43(31)16-18-49-17-12-15-42(9-2,37(43)49)39(57-26(3)50)45(38,53)41(52)56-7;1-3-4-5-6-24-15(23)18-12-9(16)7-19(14(22)17-12)13-11(21)10(20)8(2)25-13/h10-15,19-21,28,37-39,46,53H,8-9,16-18,22-25H2,1-7H3;7-8,10-11,13,20-21H,3-6H2,1-2H3,(H,17,18,22,23)/t28-,37-,38+,39+,42+,43+,44-,45-;8-,10-,11-,13-/m01/s1. The van der Waals surface area contributed by atoms with Crippen LogP contribution in [0.4, 0.5) is 20.7 Å². The van der Waals surface area contributed by atoms with Crippen LogP contribution in [0.5, 0.6) is 5.75 Å². The smallest absolute Gasteiger partial charge is 0.412 e. The average Bonchev–Trinajstić information content (AvgIpc) is 4.37. The summed E-state index contributed by atoms with van der Waals surface area (Å²) in [4.78, 5) is 80.2. The molecule has 5 N–H and O–H groups in total. The predicted molar refractivity (Wildman–Crippen MR) is 299 cm³/mol. The van der Waals surface area contributed by atoms with Gasteiger partial charge in [0.2, 0.25) is 5.60 Å². The zero-order valence-electron chi connectivity index (χ0n) is 48.0. The quantitative estimate of drug-likeness (QED) is 0.0478. The number of rotatable bonds is 13. The minimum absolute atomic E-state index is 0.0284. The van der Waals surface area contributed by atoms with Crippen LogP contribution in [0.25, 0.3) is 10.9 Å². The van der Waals surface area contributed by atoms with Crippen molar-refractivity contribution in [3.8, 4) is 5.75 Å². The third kappa shape index (κ3) is 9.09. The molecule has 0 radical (unpaired) electrons. The largest absolute Gasteiger partial charge is 0.496 e. The molecular weight excluding hydrogens is 1060 g/mol. The monoisotopic (exact) mass is 1140 g/mol. The maximum absolute atomic E-state index is 15.2. The van der Waals surface area contributed by atoms with Crippen LogP contribution >= 0.6 is 0 Å². The lowest BCUT2D eigenvalue weighted by atomic mass is 9.47. The van der Waals surface area contributed by atoms with E-state index in [2.05, 4.69) is 68.4 Å². The van der Waals surface area contributed by atoms with Gasteiger partial charge in [0.1, 0.15) is 23.4 Å². The van der Waals surface area contributed by atoms with Crippen LogP contribution in [0.2, 0.25) is 0 Å². The van der Waals surface area contributed by atoms with Gasteiger partial charge in [-0.1, -0.05) is 75.6 Å². The maximum atomic E-state index is 15.2. The number of ether oxygens (including phenoxy) is 6. The minimum atomic E-state index is -2.27. The van der Waals surface area contributed by atoms with Gasteiger partial charge in [-0.3, -0.25) is 29.3 Å². The van der Waals surface area contributed by atoms with Crippen molar-refractivity contribution in [2.45, 2.75) is 145 Å². The predicted octanol–water partition coefficient (Wildman–Crippen LogP) is 5.51. The molecule has 11 rings (SSSR count). The first-order chi connectivity index (χ1) is 39.2. The van der Waals surface area contributed by atoms with Gasteiger partial charge in [0.05, 0.1) is 46.3 Å². The molecule has 6 aliphatic heterocycles. The first-order valence-electron chi connectivity index (χ1n) is 28.4. The molecule has 1 aliphatic carbocycles. The zero-order chi connectivity index (χ0) is 58.8. The van der Waals surface area contributed by atoms with Crippen LogP contribution in [0.15, 0.2) is 71.2 Å². The van der Waals surface area contributed by atoms with Gasteiger partial charge in [-0.05, 0) is 74.8 Å². The number of esters is 3. The first kappa shape index (κ1) is 58.5. The summed E-state index contributed by atoms with van der Waals surface area (Å²) in [7, 11) is 6.22. The summed E-state index contributed by atoms with van der Waals surface area (Å²) in [6, 6.07) is 11.2. The highest BCUT2D eigenvalue weighted by Gasteiger charge is 2.80. The topological polar surface area (TPSA) is 257 Å². The molecule has 2 aromatic carbocycles. The number of aliphatic hydroxyl groups excluding tert-OH is 2. The van der Waals surface area contributed by atoms with Gasteiger partial charge in [0.15, 0.2) is 24.0 Å². The van der Waals surface area contributed by atoms with E-state index in [1.807, 2.05) is 44.0 Å². The second-order valence-corrected chi connectivity index (χ2v) is 23.0. The third-order valence-corrected chi connectivity index (χ3v) is 18.6. The molecule has 4 aromatic rings. The lowest BCUT2D eigenvalue weighted by molar-refractivity contribution is -0.228. The van der Waals surface area contributed by atoms with E-state index < -0.39 is 93.9 Å². The van der Waals surface area contributed by atoms with Gasteiger partial charge in [-0.25, -0.2) is 18.8 Å². The fraction of sp³-hybridized carbons (Fsp3) is 0.567. The number of aromatic nitrogens is 3. The highest BCUT2D eigenvalue weighted by molar-refractivity contribution is 5.95. The third-order valence-electron chi connectivity index (χ3n) is 18.6. The Morgan fingerprint density at radius 2 is 1.74 bits per heavy atom. The van der Waals surface area contributed by atoms with Crippen LogP contribution in [-0.2, 0) is 55.4 Å². The van der Waals surface area contributed by atoms with E-state index in [0.29, 0.717) is 56.6 Å². The number of methoxy groups -OCH3 is 3. The number of halogens is 1. The van der Waals surface area contributed by atoms with Crippen molar-refractivity contribution in [3.63, 3.8) is 0 Å². The van der Waals surface area contributed by atoms with E-state index in [1.54, 1.807) is 7.11 Å². The van der Waals surface area contributed by atoms with Gasteiger partial charge < -0.3 is 53.6 Å². The number of aromatic amines is 1. The number of carbonyl (C=O) groups excluding carboxylic acids is 4. The average molecular weight is 1140 g/mol. The molecule has 1 unspecified atom stereocenters. The molecular formula is C60H76FN7O14. The van der Waals surface area contributed by atoms with E-state index in [4.69, 9.17) is 28.4 Å². The Kier molecular flexibility index (Phi) is 16.0. The SMILES string of the molecule is CCC1=C[C@@H]2CN(C1)Cc1c([nH]c3ccccc13)[C@@](C(=O)OC)(c1cc3c(cc1OC)N(C)[C@H]1[C@@](O)(C(=O)OC)[C@H](OC(C)=O)[C@]4(CC)C=CCN5CC[C@]31[C@@H]54)C2.CCCCCOC(=O)Nc1nc(=O)n([C@@H]2O[C@H](C)[C@@H](O)[C@H]2O)cc1F. The van der Waals surface area contributed by atoms with Crippen LogP contribution in [0, 0.1) is 17.2 Å². The van der Waals surface area contributed by atoms with Crippen LogP contribution in [0.3, 0.4) is 0 Å². The molecule has 442 valence electrons. The molecule has 8 heterocycles. The number of hydrogen-bond donors (Lipinski definition) is 5. The van der Waals surface area contributed by atoms with Crippen molar-refractivity contribution in [1.29, 1.82) is 0 Å². The Morgan fingerprint density at radius 3 is 2.41 bits per heavy atom. The van der Waals surface area contributed by atoms with Crippen molar-refractivity contribution in [3.05, 3.63) is 105 Å². The number of H-pyrrole nitrogens is 1. The Bertz CT molecular complexity index is 3270. The molecule has 3 fully saturated rings. The van der Waals surface area contributed by atoms with Gasteiger partial charge in [-0.15, -0.1) is 0 Å². The summed E-state index contributed by atoms with van der Waals surface area (Å²) in [6.45, 7) is 12.9. The summed E-state index contributed by atoms with van der Waals surface area (Å²) in [5.74, 6) is -2.90. The van der Waals surface area contributed by atoms with Gasteiger partial charge in [0, 0.05) is 90.9 Å². The maximum Gasteiger partial charge on any atom is 0.412 e. The number of nitrogens with one attached hydrogen (secondary N) is 2. The first-order valence-corrected chi connectivity index (χ1v) is 28.4. The van der Waals surface area contributed by atoms with Gasteiger partial charge in [0.25, 0.3) is 0 Å². The van der Waals surface area contributed by atoms with Crippen molar-refractivity contribution >= 4 is 46.4 Å². The number of likely N-dealkylation sites (N-methyl/N-ethyl adjacent to an activating group) is 1. The summed E-state index contributed by atoms with van der Waals surface area (Å²) in [6.07, 6.45) is 5.42. The molecule has 22 heteroatoms. The Morgan fingerprint density at radius 1 is 0.988 bits per heavy atom. The number of fused-ring (bicyclic) bond motifs is 6. The molecule has 7 aliphatic rings. The normalized spacial score (nSPS) is 32.1. The molecule has 1 saturated carbocycles. The number of benzene rings is 2. The number of unbranched alkanes of at least 4 members (excludes halogenated alkanes) is 2. The molecule has 1 amide bonds. The van der Waals surface area contributed by atoms with E-state index in [0.717, 1.165) is 76.5 Å². The molecule has 2 saturated heterocycles. The van der Waals surface area contributed by atoms with Crippen molar-refractivity contribution in [2.24, 2.45) is 11.3 Å². The Balaban J connectivity index is 0.000000253. The number of para-hydroxylation sites is 1. The van der Waals surface area contributed by atoms with E-state index in [9.17, 15) is 38.9 Å². The summed E-state index contributed by atoms with van der Waals surface area (Å²) < 4.78 is 48.8. The molecule has 2 aromatic heterocycles. The fourth-order valence-electron chi connectivity index (χ4n) is 15.3. The Labute approximate surface area is 475 Å². The summed E-state index contributed by atoms with van der Waals surface area (Å²) >= 11 is 0. The lowest BCUT2D eigenvalue weighted by Gasteiger charge is -2.63. The van der Waals surface area contributed by atoms with Gasteiger partial charge >= 0.3 is 29.7 Å². The number of amides is 1. The van der Waals surface area contributed by atoms with E-state index in [-0.39, 0.29) is 24.5 Å². The molecule has 82 heavy (non-hydrogen) atoms. The second kappa shape index (κ2) is 22.5. The number of nitrogens with zero attached hydrogens (tertiary/aromatic N) is 5. The van der Waals surface area contributed by atoms with Crippen LogP contribution in [0.1, 0.15) is 108 Å². The highest BCUT2D eigenvalue weighted by atomic mass is 19.1. The Hall–Kier alpha value is -6.69. The molecule has 13 atom stereocenters. The minimum Gasteiger partial charge on any atom is -0.496 e. The molecule has 1 spiro atoms. The van der Waals surface area contributed by atoms with Crippen molar-refractivity contribution in [1.82, 2.24) is 24.3 Å². The number of carbonyl (C=O) groups is 4. The molecule has 21 nitrogen and oxygen atoms in total. The summed E-state index contributed by atoms with van der Waals surface area (Å²) in [5, 5.41) is 36.0. The molecule has 2 bridgehead atoms.